The summed E-state index contributed by atoms with van der Waals surface area (Å²) in [6.45, 7) is -0.847. The maximum Gasteiger partial charge on any atom is 0.471 e. The molecular formula is C8H11BrF3NO6. The molecule has 0 aromatic rings. The lowest BCUT2D eigenvalue weighted by Crippen LogP contribution is -2.74. The maximum absolute atomic E-state index is 12.1. The number of hydrogen-bond donors (Lipinski definition) is 5. The highest BCUT2D eigenvalue weighted by molar-refractivity contribution is 9.09. The van der Waals surface area contributed by atoms with Crippen molar-refractivity contribution in [3.8, 4) is 0 Å². The van der Waals surface area contributed by atoms with Crippen LogP contribution in [0.15, 0.2) is 0 Å². The Morgan fingerprint density at radius 3 is 2.32 bits per heavy atom. The number of alkyl halides is 4. The van der Waals surface area contributed by atoms with Gasteiger partial charge in [-0.25, -0.2) is 0 Å². The van der Waals surface area contributed by atoms with Crippen LogP contribution in [0.1, 0.15) is 0 Å². The zero-order chi connectivity index (χ0) is 15.0. The number of carbonyl (C=O) groups is 1. The molecule has 112 valence electrons. The average molecular weight is 354 g/mol. The van der Waals surface area contributed by atoms with Gasteiger partial charge in [0.05, 0.1) is 6.61 Å². The second-order valence-electron chi connectivity index (χ2n) is 3.88. The fourth-order valence-electron chi connectivity index (χ4n) is 1.52. The summed E-state index contributed by atoms with van der Waals surface area (Å²) in [7, 11) is 0. The summed E-state index contributed by atoms with van der Waals surface area (Å²) in [6, 6.07) is 0. The van der Waals surface area contributed by atoms with E-state index in [1.54, 1.807) is 0 Å². The Hall–Kier alpha value is -0.460. The zero-order valence-electron chi connectivity index (χ0n) is 9.13. The molecule has 1 amide bonds. The number of halogens is 4. The Balaban J connectivity index is 3.00. The van der Waals surface area contributed by atoms with Crippen molar-refractivity contribution in [1.82, 2.24) is 5.32 Å². The molecule has 0 radical (unpaired) electrons. The van der Waals surface area contributed by atoms with Crippen molar-refractivity contribution in [2.24, 2.45) is 0 Å². The summed E-state index contributed by atoms with van der Waals surface area (Å²) in [5.41, 5.74) is -3.02. The van der Waals surface area contributed by atoms with Crippen LogP contribution in [-0.4, -0.2) is 68.2 Å². The highest BCUT2D eigenvalue weighted by Crippen LogP contribution is 2.31. The third-order valence-corrected chi connectivity index (χ3v) is 3.27. The second kappa shape index (κ2) is 5.50. The van der Waals surface area contributed by atoms with Crippen molar-refractivity contribution < 1.29 is 43.1 Å². The average Bonchev–Trinajstić information content (AvgIpc) is 2.30. The van der Waals surface area contributed by atoms with E-state index < -0.39 is 47.7 Å². The summed E-state index contributed by atoms with van der Waals surface area (Å²) in [5.74, 6) is -2.55. The molecule has 5 N–H and O–H groups in total. The van der Waals surface area contributed by atoms with Crippen LogP contribution in [0.4, 0.5) is 13.2 Å². The van der Waals surface area contributed by atoms with Crippen LogP contribution in [0, 0.1) is 0 Å². The zero-order valence-corrected chi connectivity index (χ0v) is 10.7. The molecule has 5 atom stereocenters. The minimum absolute atomic E-state index is 0.847. The van der Waals surface area contributed by atoms with E-state index in [4.69, 9.17) is 9.84 Å². The molecular weight excluding hydrogens is 343 g/mol. The van der Waals surface area contributed by atoms with Crippen LogP contribution >= 0.6 is 15.9 Å². The monoisotopic (exact) mass is 353 g/mol. The third-order valence-electron chi connectivity index (χ3n) is 2.56. The minimum atomic E-state index is -5.32. The first-order valence-corrected chi connectivity index (χ1v) is 5.83. The van der Waals surface area contributed by atoms with E-state index in [1.165, 1.54) is 0 Å². The van der Waals surface area contributed by atoms with E-state index in [2.05, 4.69) is 15.9 Å². The van der Waals surface area contributed by atoms with E-state index in [-0.39, 0.29) is 0 Å². The van der Waals surface area contributed by atoms with E-state index in [9.17, 15) is 33.3 Å². The Bertz CT molecular complexity index is 356. The Morgan fingerprint density at radius 1 is 1.37 bits per heavy atom. The third kappa shape index (κ3) is 3.17. The number of amides is 1. The molecule has 1 aliphatic heterocycles. The van der Waals surface area contributed by atoms with Crippen molar-refractivity contribution in [1.29, 1.82) is 0 Å². The summed E-state index contributed by atoms with van der Waals surface area (Å²) < 4.78 is 41.2. The summed E-state index contributed by atoms with van der Waals surface area (Å²) in [6.07, 6.45) is -11.1. The standard InChI is InChI=1S/C8H11BrF3NO6/c9-5-4(16)7(18,3(15)2(1-14)19-5)13-6(17)8(10,11)12/h2-5,14-16,18H,1H2,(H,13,17)/t2-,3-,4+,5+,7+/m1/s1. The fourth-order valence-corrected chi connectivity index (χ4v) is 2.20. The fraction of sp³-hybridized carbons (Fsp3) is 0.875. The predicted molar refractivity (Wildman–Crippen MR) is 55.8 cm³/mol. The molecule has 1 aliphatic rings. The normalized spacial score (nSPS) is 40.0. The summed E-state index contributed by atoms with van der Waals surface area (Å²) >= 11 is 2.69. The van der Waals surface area contributed by atoms with Gasteiger partial charge < -0.3 is 30.5 Å². The lowest BCUT2D eigenvalue weighted by atomic mass is 9.93. The summed E-state index contributed by atoms with van der Waals surface area (Å²) in [5, 5.41) is 37.6. The van der Waals surface area contributed by atoms with Gasteiger partial charge in [-0.3, -0.25) is 4.79 Å². The van der Waals surface area contributed by atoms with Crippen LogP contribution in [0.5, 0.6) is 0 Å². The van der Waals surface area contributed by atoms with E-state index in [0.717, 1.165) is 5.32 Å². The van der Waals surface area contributed by atoms with E-state index >= 15 is 0 Å². The van der Waals surface area contributed by atoms with Gasteiger partial charge in [-0.05, 0) is 0 Å². The number of carbonyl (C=O) groups excluding carboxylic acids is 1. The van der Waals surface area contributed by atoms with Crippen molar-refractivity contribution in [2.75, 3.05) is 6.61 Å². The molecule has 1 heterocycles. The lowest BCUT2D eigenvalue weighted by molar-refractivity contribution is -0.268. The van der Waals surface area contributed by atoms with Gasteiger partial charge >= 0.3 is 12.1 Å². The van der Waals surface area contributed by atoms with Gasteiger partial charge in [-0.15, -0.1) is 0 Å². The molecule has 11 heteroatoms. The topological polar surface area (TPSA) is 119 Å². The predicted octanol–water partition coefficient (Wildman–Crippen LogP) is -1.81. The van der Waals surface area contributed by atoms with Gasteiger partial charge in [0, 0.05) is 0 Å². The van der Waals surface area contributed by atoms with Gasteiger partial charge in [0.1, 0.15) is 23.3 Å². The first-order valence-electron chi connectivity index (χ1n) is 4.92. The molecule has 0 aromatic carbocycles. The Labute approximate surface area is 113 Å². The van der Waals surface area contributed by atoms with Crippen molar-refractivity contribution in [3.63, 3.8) is 0 Å². The molecule has 19 heavy (non-hydrogen) atoms. The Morgan fingerprint density at radius 2 is 1.89 bits per heavy atom. The number of aliphatic hydroxyl groups is 4. The number of rotatable bonds is 2. The largest absolute Gasteiger partial charge is 0.471 e. The Kier molecular flexibility index (Phi) is 4.80. The van der Waals surface area contributed by atoms with Crippen LogP contribution in [-0.2, 0) is 9.53 Å². The van der Waals surface area contributed by atoms with Crippen LogP contribution < -0.4 is 5.32 Å². The smallest absolute Gasteiger partial charge is 0.394 e. The van der Waals surface area contributed by atoms with Crippen molar-refractivity contribution >= 4 is 21.8 Å². The number of nitrogens with one attached hydrogen (secondary N) is 1. The minimum Gasteiger partial charge on any atom is -0.394 e. The molecule has 0 saturated carbocycles. The van der Waals surface area contributed by atoms with E-state index in [1.807, 2.05) is 0 Å². The van der Waals surface area contributed by atoms with Gasteiger partial charge in [-0.2, -0.15) is 13.2 Å². The molecule has 0 unspecified atom stereocenters. The van der Waals surface area contributed by atoms with Crippen LogP contribution in [0.25, 0.3) is 0 Å². The maximum atomic E-state index is 12.1. The second-order valence-corrected chi connectivity index (χ2v) is 4.78. The van der Waals surface area contributed by atoms with Crippen molar-refractivity contribution in [3.05, 3.63) is 0 Å². The molecule has 7 nitrogen and oxygen atoms in total. The molecule has 0 aromatic heterocycles. The van der Waals surface area contributed by atoms with Crippen LogP contribution in [0.2, 0.25) is 0 Å². The molecule has 1 rings (SSSR count). The number of ether oxygens (including phenoxy) is 1. The first-order chi connectivity index (χ1) is 8.54. The first kappa shape index (κ1) is 16.6. The molecule has 1 saturated heterocycles. The number of aliphatic hydroxyl groups excluding tert-OH is 3. The molecule has 1 fully saturated rings. The van der Waals surface area contributed by atoms with Gasteiger partial charge in [-0.1, -0.05) is 15.9 Å². The van der Waals surface area contributed by atoms with Gasteiger partial charge in [0.25, 0.3) is 0 Å². The highest BCUT2D eigenvalue weighted by atomic mass is 79.9. The highest BCUT2D eigenvalue weighted by Gasteiger charge is 2.57. The quantitative estimate of drug-likeness (QED) is 0.295. The summed E-state index contributed by atoms with van der Waals surface area (Å²) in [4.78, 5) is 10.8. The molecule has 0 bridgehead atoms. The van der Waals surface area contributed by atoms with Gasteiger partial charge in [0.15, 0.2) is 5.72 Å². The molecule has 0 spiro atoms. The number of hydrogen-bond acceptors (Lipinski definition) is 6. The van der Waals surface area contributed by atoms with E-state index in [0.29, 0.717) is 0 Å². The van der Waals surface area contributed by atoms with Crippen LogP contribution in [0.3, 0.4) is 0 Å². The van der Waals surface area contributed by atoms with Gasteiger partial charge in [0.2, 0.25) is 0 Å². The lowest BCUT2D eigenvalue weighted by Gasteiger charge is -2.46. The molecule has 0 aliphatic carbocycles. The van der Waals surface area contributed by atoms with Crippen molar-refractivity contribution in [2.45, 2.75) is 35.2 Å². The SMILES string of the molecule is O=C(N[C@]1(O)[C@H](O)[C@@H](CO)O[C@H](Br)[C@@H]1O)C(F)(F)F.